The van der Waals surface area contributed by atoms with Crippen molar-refractivity contribution in [1.29, 1.82) is 0 Å². The van der Waals surface area contributed by atoms with Gasteiger partial charge in [-0.25, -0.2) is 4.79 Å². The Labute approximate surface area is 212 Å². The molecule has 0 aromatic heterocycles. The number of benzene rings is 3. The first-order valence-electron chi connectivity index (χ1n) is 12.1. The van der Waals surface area contributed by atoms with Gasteiger partial charge in [-0.3, -0.25) is 24.6 Å². The predicted molar refractivity (Wildman–Crippen MR) is 133 cm³/mol. The summed E-state index contributed by atoms with van der Waals surface area (Å²) >= 11 is 0. The summed E-state index contributed by atoms with van der Waals surface area (Å²) in [6.07, 6.45) is 3.35. The van der Waals surface area contributed by atoms with Gasteiger partial charge in [0.2, 0.25) is 11.8 Å². The van der Waals surface area contributed by atoms with Gasteiger partial charge in [0.15, 0.2) is 0 Å². The quantitative estimate of drug-likeness (QED) is 0.184. The Balaban J connectivity index is 1.20. The van der Waals surface area contributed by atoms with Crippen molar-refractivity contribution in [1.82, 2.24) is 0 Å². The molecule has 0 spiro atoms. The first-order chi connectivity index (χ1) is 17.9. The summed E-state index contributed by atoms with van der Waals surface area (Å²) in [7, 11) is 0. The Morgan fingerprint density at radius 3 is 2.08 bits per heavy atom. The highest BCUT2D eigenvalue weighted by molar-refractivity contribution is 6.22. The zero-order valence-electron chi connectivity index (χ0n) is 19.9. The van der Waals surface area contributed by atoms with E-state index in [1.807, 2.05) is 0 Å². The third kappa shape index (κ3) is 5.06. The van der Waals surface area contributed by atoms with Crippen molar-refractivity contribution in [3.05, 3.63) is 94.0 Å². The van der Waals surface area contributed by atoms with Crippen LogP contribution in [0.2, 0.25) is 0 Å². The molecule has 1 heterocycles. The number of nitro benzene ring substituents is 1. The van der Waals surface area contributed by atoms with Gasteiger partial charge in [-0.15, -0.1) is 0 Å². The van der Waals surface area contributed by atoms with Gasteiger partial charge in [-0.1, -0.05) is 31.0 Å². The highest BCUT2D eigenvalue weighted by atomic mass is 16.6. The number of imide groups is 1. The van der Waals surface area contributed by atoms with E-state index in [0.717, 1.165) is 31.2 Å². The third-order valence-corrected chi connectivity index (χ3v) is 6.76. The van der Waals surface area contributed by atoms with E-state index in [1.165, 1.54) is 35.2 Å². The maximum absolute atomic E-state index is 12.9. The molecule has 2 atom stereocenters. The van der Waals surface area contributed by atoms with Crippen LogP contribution >= 0.6 is 0 Å². The second-order valence-electron chi connectivity index (χ2n) is 9.13. The number of carbonyl (C=O) groups is 3. The van der Waals surface area contributed by atoms with Crippen LogP contribution in [0.1, 0.15) is 41.6 Å². The number of nitro groups is 1. The van der Waals surface area contributed by atoms with Crippen LogP contribution < -0.4 is 9.64 Å². The van der Waals surface area contributed by atoms with E-state index in [0.29, 0.717) is 17.2 Å². The summed E-state index contributed by atoms with van der Waals surface area (Å²) in [5.74, 6) is -0.471. The Kier molecular flexibility index (Phi) is 6.68. The van der Waals surface area contributed by atoms with Gasteiger partial charge in [0, 0.05) is 12.1 Å². The molecule has 9 heteroatoms. The molecule has 3 aromatic carbocycles. The van der Waals surface area contributed by atoms with Crippen LogP contribution in [0, 0.1) is 22.0 Å². The molecule has 0 bridgehead atoms. The fraction of sp³-hybridized carbons (Fsp3) is 0.250. The van der Waals surface area contributed by atoms with E-state index in [1.54, 1.807) is 42.5 Å². The summed E-state index contributed by atoms with van der Waals surface area (Å²) in [6, 6.07) is 19.1. The lowest BCUT2D eigenvalue weighted by atomic mass is 9.81. The molecule has 2 amide bonds. The Hall–Kier alpha value is -4.53. The molecule has 0 radical (unpaired) electrons. The molecular weight excluding hydrogens is 476 g/mol. The number of nitrogens with zero attached hydrogens (tertiary/aromatic N) is 2. The van der Waals surface area contributed by atoms with Crippen LogP contribution in [0.15, 0.2) is 72.8 Å². The summed E-state index contributed by atoms with van der Waals surface area (Å²) < 4.78 is 11.1. The SMILES string of the molecule is O=C(OCc1ccc(Oc2ccc([N+](=O)[O-])cc2)cc1)c1cccc(N2C(=O)[C@H]3CCCC[C@H]3C2=O)c1. The van der Waals surface area contributed by atoms with Crippen LogP contribution in [0.4, 0.5) is 11.4 Å². The van der Waals surface area contributed by atoms with E-state index in [-0.39, 0.29) is 41.5 Å². The number of amides is 2. The van der Waals surface area contributed by atoms with Gasteiger partial charge in [0.25, 0.3) is 5.69 Å². The van der Waals surface area contributed by atoms with Crippen molar-refractivity contribution in [3.8, 4) is 11.5 Å². The van der Waals surface area contributed by atoms with Crippen molar-refractivity contribution in [2.45, 2.75) is 32.3 Å². The van der Waals surface area contributed by atoms with E-state index in [2.05, 4.69) is 0 Å². The Bertz CT molecular complexity index is 1330. The molecular formula is C28H24N2O7. The van der Waals surface area contributed by atoms with Crippen molar-refractivity contribution < 1.29 is 28.8 Å². The number of esters is 1. The zero-order valence-corrected chi connectivity index (χ0v) is 19.9. The van der Waals surface area contributed by atoms with E-state index >= 15 is 0 Å². The van der Waals surface area contributed by atoms with Crippen LogP contribution in [-0.4, -0.2) is 22.7 Å². The topological polar surface area (TPSA) is 116 Å². The average molecular weight is 501 g/mol. The molecule has 1 aliphatic heterocycles. The van der Waals surface area contributed by atoms with Crippen molar-refractivity contribution in [2.24, 2.45) is 11.8 Å². The van der Waals surface area contributed by atoms with Crippen LogP contribution in [0.25, 0.3) is 0 Å². The number of hydrogen-bond acceptors (Lipinski definition) is 7. The highest BCUT2D eigenvalue weighted by Crippen LogP contribution is 2.40. The summed E-state index contributed by atoms with van der Waals surface area (Å²) in [5.41, 5.74) is 1.36. The maximum Gasteiger partial charge on any atom is 0.338 e. The molecule has 0 unspecified atom stereocenters. The number of carbonyl (C=O) groups excluding carboxylic acids is 3. The largest absolute Gasteiger partial charge is 0.457 e. The summed E-state index contributed by atoms with van der Waals surface area (Å²) in [5, 5.41) is 10.8. The smallest absolute Gasteiger partial charge is 0.338 e. The standard InChI is InChI=1S/C28H24N2O7/c31-26-24-6-1-2-7-25(24)27(32)29(26)21-5-3-4-19(16-21)28(33)36-17-18-8-12-22(13-9-18)37-23-14-10-20(11-15-23)30(34)35/h3-5,8-16,24-25H,1-2,6-7,17H2/t24-,25+. The third-order valence-electron chi connectivity index (χ3n) is 6.76. The first-order valence-corrected chi connectivity index (χ1v) is 12.1. The average Bonchev–Trinajstić information content (AvgIpc) is 3.18. The monoisotopic (exact) mass is 500 g/mol. The normalized spacial score (nSPS) is 18.9. The number of hydrogen-bond donors (Lipinski definition) is 0. The van der Waals surface area contributed by atoms with Gasteiger partial charge < -0.3 is 9.47 Å². The van der Waals surface area contributed by atoms with Gasteiger partial charge in [0.05, 0.1) is 28.0 Å². The zero-order chi connectivity index (χ0) is 25.9. The Morgan fingerprint density at radius 2 is 1.49 bits per heavy atom. The predicted octanol–water partition coefficient (Wildman–Crippen LogP) is 5.42. The van der Waals surface area contributed by atoms with Gasteiger partial charge in [-0.05, 0) is 60.9 Å². The molecule has 5 rings (SSSR count). The summed E-state index contributed by atoms with van der Waals surface area (Å²) in [4.78, 5) is 50.0. The molecule has 1 aliphatic carbocycles. The molecule has 1 saturated heterocycles. The van der Waals surface area contributed by atoms with E-state index in [9.17, 15) is 24.5 Å². The number of fused-ring (bicyclic) bond motifs is 1. The minimum atomic E-state index is -0.565. The number of non-ortho nitro benzene ring substituents is 1. The summed E-state index contributed by atoms with van der Waals surface area (Å²) in [6.45, 7) is 0.0204. The molecule has 9 nitrogen and oxygen atoms in total. The molecule has 37 heavy (non-hydrogen) atoms. The molecule has 188 valence electrons. The second kappa shape index (κ2) is 10.2. The van der Waals surface area contributed by atoms with Crippen molar-refractivity contribution >= 4 is 29.2 Å². The number of anilines is 1. The second-order valence-corrected chi connectivity index (χ2v) is 9.13. The molecule has 3 aromatic rings. The van der Waals surface area contributed by atoms with Crippen molar-refractivity contribution in [2.75, 3.05) is 4.90 Å². The molecule has 2 aliphatic rings. The number of ether oxygens (including phenoxy) is 2. The lowest BCUT2D eigenvalue weighted by Gasteiger charge is -2.19. The van der Waals surface area contributed by atoms with E-state index < -0.39 is 10.9 Å². The van der Waals surface area contributed by atoms with Crippen LogP contribution in [0.3, 0.4) is 0 Å². The van der Waals surface area contributed by atoms with E-state index in [4.69, 9.17) is 9.47 Å². The minimum Gasteiger partial charge on any atom is -0.457 e. The van der Waals surface area contributed by atoms with Gasteiger partial charge in [-0.2, -0.15) is 0 Å². The lowest BCUT2D eigenvalue weighted by Crippen LogP contribution is -2.31. The minimum absolute atomic E-state index is 0.0204. The molecule has 0 N–H and O–H groups in total. The van der Waals surface area contributed by atoms with Crippen LogP contribution in [0.5, 0.6) is 11.5 Å². The first kappa shape index (κ1) is 24.2. The molecule has 1 saturated carbocycles. The van der Waals surface area contributed by atoms with Crippen LogP contribution in [-0.2, 0) is 20.9 Å². The lowest BCUT2D eigenvalue weighted by molar-refractivity contribution is -0.384. The van der Waals surface area contributed by atoms with Crippen molar-refractivity contribution in [3.63, 3.8) is 0 Å². The highest BCUT2D eigenvalue weighted by Gasteiger charge is 2.48. The maximum atomic E-state index is 12.9. The number of rotatable bonds is 7. The fourth-order valence-corrected chi connectivity index (χ4v) is 4.85. The molecule has 2 fully saturated rings. The van der Waals surface area contributed by atoms with Gasteiger partial charge >= 0.3 is 5.97 Å². The Morgan fingerprint density at radius 1 is 0.892 bits per heavy atom. The van der Waals surface area contributed by atoms with Gasteiger partial charge in [0.1, 0.15) is 18.1 Å². The fourth-order valence-electron chi connectivity index (χ4n) is 4.85.